The van der Waals surface area contributed by atoms with Crippen molar-refractivity contribution in [1.29, 1.82) is 0 Å². The van der Waals surface area contributed by atoms with Crippen LogP contribution in [0.2, 0.25) is 5.02 Å². The topological polar surface area (TPSA) is 42.7 Å². The van der Waals surface area contributed by atoms with Crippen LogP contribution in [0.3, 0.4) is 0 Å². The summed E-state index contributed by atoms with van der Waals surface area (Å²) in [5.41, 5.74) is 0. The second-order valence-corrected chi connectivity index (χ2v) is 6.25. The van der Waals surface area contributed by atoms with Crippen molar-refractivity contribution in [1.82, 2.24) is 20.1 Å². The van der Waals surface area contributed by atoms with Crippen LogP contribution in [0.15, 0.2) is 35.5 Å². The molecule has 0 saturated heterocycles. The number of aromatic nitrogens is 3. The van der Waals surface area contributed by atoms with Gasteiger partial charge in [0.2, 0.25) is 0 Å². The third-order valence-corrected chi connectivity index (χ3v) is 4.61. The summed E-state index contributed by atoms with van der Waals surface area (Å²) in [7, 11) is 0. The molecule has 1 N–H and O–H groups in total. The Morgan fingerprint density at radius 2 is 2.05 bits per heavy atom. The fraction of sp³-hybridized carbons (Fsp3) is 0.467. The molecule has 0 saturated carbocycles. The van der Waals surface area contributed by atoms with Gasteiger partial charge in [-0.25, -0.2) is 4.98 Å². The Labute approximate surface area is 135 Å². The Kier molecular flexibility index (Phi) is 6.54. The molecule has 1 aromatic heterocycles. The Bertz CT molecular complexity index is 541. The molecule has 6 heteroatoms. The smallest absolute Gasteiger partial charge is 0.138 e. The third-order valence-electron chi connectivity index (χ3n) is 3.18. The van der Waals surface area contributed by atoms with Gasteiger partial charge in [0.25, 0.3) is 0 Å². The number of hydrogen-bond donors (Lipinski definition) is 1. The summed E-state index contributed by atoms with van der Waals surface area (Å²) in [6.45, 7) is 6.03. The molecule has 0 radical (unpaired) electrons. The molecular formula is C15H21ClN4S. The molecule has 1 atom stereocenters. The standard InChI is InChI=1S/C15H21ClN4S/c1-3-17-13(9-15-18-11-19-20(15)4-2)10-21-14-7-5-12(16)6-8-14/h5-8,11,13,17H,3-4,9-10H2,1-2H3. The second-order valence-electron chi connectivity index (χ2n) is 4.72. The average molecular weight is 325 g/mol. The average Bonchev–Trinajstić information content (AvgIpc) is 2.94. The first kappa shape index (κ1) is 16.3. The van der Waals surface area contributed by atoms with Crippen molar-refractivity contribution < 1.29 is 0 Å². The van der Waals surface area contributed by atoms with Gasteiger partial charge < -0.3 is 5.32 Å². The highest BCUT2D eigenvalue weighted by molar-refractivity contribution is 7.99. The van der Waals surface area contributed by atoms with E-state index in [4.69, 9.17) is 11.6 Å². The molecule has 2 aromatic rings. The molecule has 1 heterocycles. The van der Waals surface area contributed by atoms with E-state index in [0.29, 0.717) is 6.04 Å². The van der Waals surface area contributed by atoms with E-state index in [2.05, 4.69) is 41.4 Å². The van der Waals surface area contributed by atoms with Crippen molar-refractivity contribution in [3.05, 3.63) is 41.4 Å². The van der Waals surface area contributed by atoms with E-state index in [-0.39, 0.29) is 0 Å². The van der Waals surface area contributed by atoms with E-state index >= 15 is 0 Å². The number of hydrogen-bond acceptors (Lipinski definition) is 4. The van der Waals surface area contributed by atoms with Gasteiger partial charge >= 0.3 is 0 Å². The minimum atomic E-state index is 0.380. The van der Waals surface area contributed by atoms with Crippen molar-refractivity contribution in [2.24, 2.45) is 0 Å². The number of thioether (sulfide) groups is 1. The van der Waals surface area contributed by atoms with Crippen LogP contribution in [0.5, 0.6) is 0 Å². The summed E-state index contributed by atoms with van der Waals surface area (Å²) in [6, 6.07) is 8.36. The zero-order chi connectivity index (χ0) is 15.1. The maximum Gasteiger partial charge on any atom is 0.138 e. The van der Waals surface area contributed by atoms with E-state index in [9.17, 15) is 0 Å². The molecule has 0 spiro atoms. The number of halogens is 1. The van der Waals surface area contributed by atoms with E-state index in [0.717, 1.165) is 36.1 Å². The molecular weight excluding hydrogens is 304 g/mol. The van der Waals surface area contributed by atoms with Gasteiger partial charge in [0.15, 0.2) is 0 Å². The van der Waals surface area contributed by atoms with Crippen LogP contribution < -0.4 is 5.32 Å². The van der Waals surface area contributed by atoms with Gasteiger partial charge in [-0.15, -0.1) is 11.8 Å². The SMILES string of the molecule is CCNC(CSc1ccc(Cl)cc1)Cc1ncnn1CC. The van der Waals surface area contributed by atoms with Crippen LogP contribution in [0.25, 0.3) is 0 Å². The fourth-order valence-electron chi connectivity index (χ4n) is 2.14. The van der Waals surface area contributed by atoms with Crippen molar-refractivity contribution in [2.75, 3.05) is 12.3 Å². The lowest BCUT2D eigenvalue weighted by atomic mass is 10.2. The Balaban J connectivity index is 1.94. The first-order valence-electron chi connectivity index (χ1n) is 7.21. The Hall–Kier alpha value is -1.04. The number of rotatable bonds is 8. The van der Waals surface area contributed by atoms with Crippen molar-refractivity contribution in [3.8, 4) is 0 Å². The summed E-state index contributed by atoms with van der Waals surface area (Å²) in [6.07, 6.45) is 2.52. The molecule has 1 unspecified atom stereocenters. The normalized spacial score (nSPS) is 12.5. The number of nitrogens with zero attached hydrogens (tertiary/aromatic N) is 3. The first-order valence-corrected chi connectivity index (χ1v) is 8.57. The van der Waals surface area contributed by atoms with E-state index in [1.807, 2.05) is 28.6 Å². The Morgan fingerprint density at radius 3 is 2.71 bits per heavy atom. The summed E-state index contributed by atoms with van der Waals surface area (Å²) < 4.78 is 1.96. The Morgan fingerprint density at radius 1 is 1.29 bits per heavy atom. The first-order chi connectivity index (χ1) is 10.2. The lowest BCUT2D eigenvalue weighted by molar-refractivity contribution is 0.527. The highest BCUT2D eigenvalue weighted by Crippen LogP contribution is 2.21. The van der Waals surface area contributed by atoms with Gasteiger partial charge in [0.1, 0.15) is 12.2 Å². The molecule has 21 heavy (non-hydrogen) atoms. The van der Waals surface area contributed by atoms with Gasteiger partial charge in [0, 0.05) is 34.7 Å². The number of benzene rings is 1. The van der Waals surface area contributed by atoms with Crippen LogP contribution in [0.4, 0.5) is 0 Å². The van der Waals surface area contributed by atoms with Crippen LogP contribution in [-0.4, -0.2) is 33.1 Å². The second kappa shape index (κ2) is 8.41. The van der Waals surface area contributed by atoms with Gasteiger partial charge in [0.05, 0.1) is 0 Å². The van der Waals surface area contributed by atoms with Crippen LogP contribution in [0, 0.1) is 0 Å². The van der Waals surface area contributed by atoms with E-state index in [1.165, 1.54) is 4.90 Å². The largest absolute Gasteiger partial charge is 0.313 e. The highest BCUT2D eigenvalue weighted by atomic mass is 35.5. The van der Waals surface area contributed by atoms with E-state index in [1.54, 1.807) is 6.33 Å². The molecule has 0 aliphatic carbocycles. The predicted octanol–water partition coefficient (Wildman–Crippen LogP) is 3.26. The van der Waals surface area contributed by atoms with Crippen molar-refractivity contribution in [3.63, 3.8) is 0 Å². The fourth-order valence-corrected chi connectivity index (χ4v) is 3.22. The maximum absolute atomic E-state index is 5.91. The number of likely N-dealkylation sites (N-methyl/N-ethyl adjacent to an activating group) is 1. The maximum atomic E-state index is 5.91. The van der Waals surface area contributed by atoms with E-state index < -0.39 is 0 Å². The van der Waals surface area contributed by atoms with Gasteiger partial charge in [-0.05, 0) is 37.7 Å². The zero-order valence-electron chi connectivity index (χ0n) is 12.4. The molecule has 0 bridgehead atoms. The lowest BCUT2D eigenvalue weighted by Crippen LogP contribution is -2.34. The molecule has 1 aromatic carbocycles. The van der Waals surface area contributed by atoms with Crippen molar-refractivity contribution >= 4 is 23.4 Å². The molecule has 4 nitrogen and oxygen atoms in total. The zero-order valence-corrected chi connectivity index (χ0v) is 14.0. The van der Waals surface area contributed by atoms with Crippen LogP contribution in [0.1, 0.15) is 19.7 Å². The molecule has 0 aliphatic heterocycles. The minimum Gasteiger partial charge on any atom is -0.313 e. The minimum absolute atomic E-state index is 0.380. The molecule has 2 rings (SSSR count). The van der Waals surface area contributed by atoms with Crippen LogP contribution in [-0.2, 0) is 13.0 Å². The lowest BCUT2D eigenvalue weighted by Gasteiger charge is -2.17. The molecule has 0 amide bonds. The summed E-state index contributed by atoms with van der Waals surface area (Å²) >= 11 is 7.75. The van der Waals surface area contributed by atoms with Gasteiger partial charge in [-0.3, -0.25) is 4.68 Å². The quantitative estimate of drug-likeness (QED) is 0.757. The third kappa shape index (κ3) is 5.02. The molecule has 0 fully saturated rings. The highest BCUT2D eigenvalue weighted by Gasteiger charge is 2.13. The summed E-state index contributed by atoms with van der Waals surface area (Å²) in [4.78, 5) is 5.60. The monoisotopic (exact) mass is 324 g/mol. The number of aryl methyl sites for hydroxylation is 1. The van der Waals surface area contributed by atoms with Gasteiger partial charge in [-0.2, -0.15) is 5.10 Å². The van der Waals surface area contributed by atoms with Crippen LogP contribution >= 0.6 is 23.4 Å². The summed E-state index contributed by atoms with van der Waals surface area (Å²) in [5.74, 6) is 2.03. The molecule has 0 aliphatic rings. The number of nitrogens with one attached hydrogen (secondary N) is 1. The van der Waals surface area contributed by atoms with Crippen molar-refractivity contribution in [2.45, 2.75) is 37.8 Å². The molecule has 114 valence electrons. The van der Waals surface area contributed by atoms with Gasteiger partial charge in [-0.1, -0.05) is 18.5 Å². The predicted molar refractivity (Wildman–Crippen MR) is 89.0 cm³/mol. The summed E-state index contributed by atoms with van der Waals surface area (Å²) in [5, 5.41) is 8.53.